The topological polar surface area (TPSA) is 79.5 Å². The van der Waals surface area contributed by atoms with Crippen LogP contribution in [0.5, 0.6) is 0 Å². The van der Waals surface area contributed by atoms with E-state index in [9.17, 15) is 15.2 Å². The van der Waals surface area contributed by atoms with Gasteiger partial charge in [-0.15, -0.1) is 0 Å². The first-order valence-corrected chi connectivity index (χ1v) is 6.47. The molecule has 1 unspecified atom stereocenters. The largest absolute Gasteiger partial charge is 0.390 e. The molecule has 0 bridgehead atoms. The number of hydrogen-bond acceptors (Lipinski definition) is 5. The van der Waals surface area contributed by atoms with Crippen LogP contribution in [0.2, 0.25) is 0 Å². The number of nitro groups is 1. The molecule has 1 aliphatic heterocycles. The Balaban J connectivity index is 2.18. The zero-order valence-electron chi connectivity index (χ0n) is 11.3. The van der Waals surface area contributed by atoms with Gasteiger partial charge in [0.15, 0.2) is 0 Å². The van der Waals surface area contributed by atoms with Gasteiger partial charge in [-0.3, -0.25) is 10.1 Å². The number of aromatic nitrogens is 1. The van der Waals surface area contributed by atoms with E-state index in [1.54, 1.807) is 13.0 Å². The molecule has 1 N–H and O–H groups in total. The second kappa shape index (κ2) is 5.13. The highest BCUT2D eigenvalue weighted by Crippen LogP contribution is 2.26. The van der Waals surface area contributed by atoms with Crippen molar-refractivity contribution in [1.82, 2.24) is 4.98 Å². The van der Waals surface area contributed by atoms with Gasteiger partial charge < -0.3 is 10.0 Å². The lowest BCUT2D eigenvalue weighted by Gasteiger charge is -2.23. The number of hydrogen-bond donors (Lipinski definition) is 1. The molecule has 1 saturated heterocycles. The van der Waals surface area contributed by atoms with Crippen LogP contribution in [-0.2, 0) is 0 Å². The molecule has 19 heavy (non-hydrogen) atoms. The summed E-state index contributed by atoms with van der Waals surface area (Å²) in [7, 11) is 0. The number of aliphatic hydroxyl groups is 1. The lowest BCUT2D eigenvalue weighted by atomic mass is 9.98. The Bertz CT molecular complexity index is 488. The first-order valence-electron chi connectivity index (χ1n) is 6.47. The third-order valence-corrected chi connectivity index (χ3v) is 3.65. The zero-order valence-corrected chi connectivity index (χ0v) is 11.3. The Morgan fingerprint density at radius 2 is 2.21 bits per heavy atom. The molecule has 1 aliphatic rings. The van der Waals surface area contributed by atoms with Crippen molar-refractivity contribution in [1.29, 1.82) is 0 Å². The minimum Gasteiger partial charge on any atom is -0.390 e. The smallest absolute Gasteiger partial charge is 0.290 e. The van der Waals surface area contributed by atoms with Gasteiger partial charge in [0.05, 0.1) is 10.5 Å². The third kappa shape index (κ3) is 3.20. The van der Waals surface area contributed by atoms with Crippen molar-refractivity contribution < 1.29 is 10.0 Å². The molecule has 1 aromatic heterocycles. The SMILES string of the molecule is Cc1cc(N2CCCC(C)(O)CC2)ncc1[N+](=O)[O-]. The van der Waals surface area contributed by atoms with Crippen LogP contribution in [0.4, 0.5) is 11.5 Å². The minimum atomic E-state index is -0.620. The molecule has 0 spiro atoms. The minimum absolute atomic E-state index is 0.0468. The average Bonchev–Trinajstić information content (AvgIpc) is 2.49. The van der Waals surface area contributed by atoms with Crippen LogP contribution in [0.25, 0.3) is 0 Å². The molecule has 0 aromatic carbocycles. The second-order valence-electron chi connectivity index (χ2n) is 5.42. The number of anilines is 1. The van der Waals surface area contributed by atoms with E-state index in [0.29, 0.717) is 12.0 Å². The average molecular weight is 265 g/mol. The van der Waals surface area contributed by atoms with Gasteiger partial charge in [-0.25, -0.2) is 4.98 Å². The molecule has 6 nitrogen and oxygen atoms in total. The fraction of sp³-hybridized carbons (Fsp3) is 0.615. The van der Waals surface area contributed by atoms with Crippen molar-refractivity contribution in [3.8, 4) is 0 Å². The van der Waals surface area contributed by atoms with E-state index in [-0.39, 0.29) is 5.69 Å². The maximum Gasteiger partial charge on any atom is 0.290 e. The van der Waals surface area contributed by atoms with E-state index < -0.39 is 10.5 Å². The molecule has 2 rings (SSSR count). The standard InChI is InChI=1S/C13H19N3O3/c1-10-8-12(14-9-11(10)16(18)19)15-6-3-4-13(2,17)5-7-15/h8-9,17H,3-7H2,1-2H3. The van der Waals surface area contributed by atoms with Crippen molar-refractivity contribution in [2.24, 2.45) is 0 Å². The quantitative estimate of drug-likeness (QED) is 0.654. The Hall–Kier alpha value is -1.69. The molecule has 1 fully saturated rings. The lowest BCUT2D eigenvalue weighted by Crippen LogP contribution is -2.28. The Kier molecular flexibility index (Phi) is 3.71. The molecule has 0 amide bonds. The summed E-state index contributed by atoms with van der Waals surface area (Å²) < 4.78 is 0. The second-order valence-corrected chi connectivity index (χ2v) is 5.42. The van der Waals surface area contributed by atoms with E-state index in [0.717, 1.165) is 31.7 Å². The number of nitrogens with zero attached hydrogens (tertiary/aromatic N) is 3. The van der Waals surface area contributed by atoms with Crippen LogP contribution in [0.1, 0.15) is 31.7 Å². The van der Waals surface area contributed by atoms with Crippen molar-refractivity contribution >= 4 is 11.5 Å². The highest BCUT2D eigenvalue weighted by Gasteiger charge is 2.26. The molecular formula is C13H19N3O3. The van der Waals surface area contributed by atoms with Crippen molar-refractivity contribution in [3.05, 3.63) is 27.9 Å². The highest BCUT2D eigenvalue weighted by molar-refractivity contribution is 5.48. The van der Waals surface area contributed by atoms with Gasteiger partial charge in [-0.05, 0) is 39.2 Å². The molecule has 0 aliphatic carbocycles. The Morgan fingerprint density at radius 3 is 2.84 bits per heavy atom. The van der Waals surface area contributed by atoms with Crippen LogP contribution in [0.3, 0.4) is 0 Å². The predicted octanol–water partition coefficient (Wildman–Crippen LogP) is 2.04. The van der Waals surface area contributed by atoms with E-state index in [2.05, 4.69) is 9.88 Å². The van der Waals surface area contributed by atoms with Gasteiger partial charge in [-0.2, -0.15) is 0 Å². The fourth-order valence-corrected chi connectivity index (χ4v) is 2.39. The van der Waals surface area contributed by atoms with E-state index in [1.807, 2.05) is 6.92 Å². The predicted molar refractivity (Wildman–Crippen MR) is 72.3 cm³/mol. The summed E-state index contributed by atoms with van der Waals surface area (Å²) in [6.45, 7) is 5.11. The maximum absolute atomic E-state index is 10.8. The van der Waals surface area contributed by atoms with E-state index >= 15 is 0 Å². The normalized spacial score (nSPS) is 24.1. The van der Waals surface area contributed by atoms with Gasteiger partial charge in [0.2, 0.25) is 0 Å². The van der Waals surface area contributed by atoms with Gasteiger partial charge in [0, 0.05) is 18.7 Å². The van der Waals surface area contributed by atoms with Crippen LogP contribution in [-0.4, -0.2) is 33.7 Å². The lowest BCUT2D eigenvalue weighted by molar-refractivity contribution is -0.385. The van der Waals surface area contributed by atoms with Gasteiger partial charge in [0.25, 0.3) is 5.69 Å². The summed E-state index contributed by atoms with van der Waals surface area (Å²) in [5.41, 5.74) is 0.0430. The summed E-state index contributed by atoms with van der Waals surface area (Å²) in [5, 5.41) is 20.8. The Labute approximate surface area is 112 Å². The Morgan fingerprint density at radius 1 is 1.47 bits per heavy atom. The molecule has 104 valence electrons. The van der Waals surface area contributed by atoms with Crippen LogP contribution in [0.15, 0.2) is 12.3 Å². The third-order valence-electron chi connectivity index (χ3n) is 3.65. The zero-order chi connectivity index (χ0) is 14.0. The first-order chi connectivity index (χ1) is 8.89. The van der Waals surface area contributed by atoms with Crippen LogP contribution < -0.4 is 4.90 Å². The number of aryl methyl sites for hydroxylation is 1. The summed E-state index contributed by atoms with van der Waals surface area (Å²) >= 11 is 0. The molecule has 0 radical (unpaired) electrons. The molecule has 6 heteroatoms. The van der Waals surface area contributed by atoms with Gasteiger partial charge >= 0.3 is 0 Å². The summed E-state index contributed by atoms with van der Waals surface area (Å²) in [5.74, 6) is 0.751. The first kappa shape index (κ1) is 13.7. The number of pyridine rings is 1. The number of rotatable bonds is 2. The monoisotopic (exact) mass is 265 g/mol. The van der Waals surface area contributed by atoms with Crippen LogP contribution >= 0.6 is 0 Å². The van der Waals surface area contributed by atoms with Gasteiger partial charge in [0.1, 0.15) is 12.0 Å². The van der Waals surface area contributed by atoms with Gasteiger partial charge in [-0.1, -0.05) is 0 Å². The highest BCUT2D eigenvalue weighted by atomic mass is 16.6. The molecule has 0 saturated carbocycles. The van der Waals surface area contributed by atoms with Crippen molar-refractivity contribution in [3.63, 3.8) is 0 Å². The summed E-state index contributed by atoms with van der Waals surface area (Å²) in [4.78, 5) is 16.6. The molecule has 1 atom stereocenters. The van der Waals surface area contributed by atoms with E-state index in [1.165, 1.54) is 6.20 Å². The summed E-state index contributed by atoms with van der Waals surface area (Å²) in [6.07, 6.45) is 3.67. The molecule has 1 aromatic rings. The fourth-order valence-electron chi connectivity index (χ4n) is 2.39. The maximum atomic E-state index is 10.8. The van der Waals surface area contributed by atoms with E-state index in [4.69, 9.17) is 0 Å². The summed E-state index contributed by atoms with van der Waals surface area (Å²) in [6, 6.07) is 1.75. The molecule has 2 heterocycles. The van der Waals surface area contributed by atoms with Crippen molar-refractivity contribution in [2.45, 2.75) is 38.7 Å². The van der Waals surface area contributed by atoms with Crippen molar-refractivity contribution in [2.75, 3.05) is 18.0 Å². The molecular weight excluding hydrogens is 246 g/mol. The van der Waals surface area contributed by atoms with Crippen LogP contribution in [0, 0.1) is 17.0 Å².